The van der Waals surface area contributed by atoms with Gasteiger partial charge in [-0.05, 0) is 52.7 Å². The number of allylic oxidation sites excluding steroid dienone is 4. The fraction of sp³-hybridized carbons (Fsp3) is 0.294. The summed E-state index contributed by atoms with van der Waals surface area (Å²) in [7, 11) is 0. The van der Waals surface area contributed by atoms with Gasteiger partial charge in [0.25, 0.3) is 0 Å². The summed E-state index contributed by atoms with van der Waals surface area (Å²) < 4.78 is 1.03. The van der Waals surface area contributed by atoms with Gasteiger partial charge in [0, 0.05) is 33.3 Å². The normalized spacial score (nSPS) is 15.8. The van der Waals surface area contributed by atoms with Crippen LogP contribution in [0.15, 0.2) is 95.1 Å². The lowest BCUT2D eigenvalue weighted by atomic mass is 9.81. The number of aromatic nitrogens is 4. The molecule has 5 heteroatoms. The molecule has 2 aromatic heterocycles. The zero-order chi connectivity index (χ0) is 27.8. The van der Waals surface area contributed by atoms with Crippen LogP contribution in [0.3, 0.4) is 0 Å². The maximum atomic E-state index is 4.98. The van der Waals surface area contributed by atoms with Crippen molar-refractivity contribution in [2.75, 3.05) is 0 Å². The molecular weight excluding hydrogens is 544 g/mol. The minimum atomic E-state index is 0.0830. The van der Waals surface area contributed by atoms with Crippen LogP contribution < -0.4 is 0 Å². The SMILES string of the molecule is CC(C)(C)C1=CCC(c2nc(-c3ccc(C(C)(C)C)cc3)nc(-c3ccc(-c4cccc(Br)c4)nc3)n2)C=C1. The Morgan fingerprint density at radius 3 is 2.00 bits per heavy atom. The largest absolute Gasteiger partial charge is 0.255 e. The molecule has 2 aromatic carbocycles. The Balaban J connectivity index is 1.54. The second-order valence-corrected chi connectivity index (χ2v) is 13.1. The summed E-state index contributed by atoms with van der Waals surface area (Å²) in [4.78, 5) is 19.6. The van der Waals surface area contributed by atoms with E-state index in [9.17, 15) is 0 Å². The van der Waals surface area contributed by atoms with Crippen molar-refractivity contribution in [2.24, 2.45) is 5.41 Å². The smallest absolute Gasteiger partial charge is 0.165 e. The van der Waals surface area contributed by atoms with Gasteiger partial charge in [0.2, 0.25) is 0 Å². The van der Waals surface area contributed by atoms with Gasteiger partial charge in [-0.2, -0.15) is 0 Å². The predicted molar refractivity (Wildman–Crippen MR) is 164 cm³/mol. The number of hydrogen-bond acceptors (Lipinski definition) is 4. The molecule has 0 amide bonds. The van der Waals surface area contributed by atoms with Crippen molar-refractivity contribution in [3.8, 4) is 34.0 Å². The summed E-state index contributed by atoms with van der Waals surface area (Å²) in [6, 6.07) is 20.8. The van der Waals surface area contributed by atoms with Gasteiger partial charge in [-0.15, -0.1) is 0 Å². The first kappa shape index (κ1) is 27.1. The minimum Gasteiger partial charge on any atom is -0.255 e. The van der Waals surface area contributed by atoms with Crippen LogP contribution in [0.2, 0.25) is 0 Å². The van der Waals surface area contributed by atoms with Gasteiger partial charge in [-0.25, -0.2) is 15.0 Å². The topological polar surface area (TPSA) is 51.6 Å². The summed E-state index contributed by atoms with van der Waals surface area (Å²) in [5, 5.41) is 0. The number of benzene rings is 2. The molecule has 0 radical (unpaired) electrons. The molecule has 39 heavy (non-hydrogen) atoms. The van der Waals surface area contributed by atoms with Gasteiger partial charge in [0.15, 0.2) is 11.6 Å². The Morgan fingerprint density at radius 1 is 0.744 bits per heavy atom. The third kappa shape index (κ3) is 6.25. The summed E-state index contributed by atoms with van der Waals surface area (Å²) in [6.07, 6.45) is 9.51. The Bertz CT molecular complexity index is 1540. The number of hydrogen-bond donors (Lipinski definition) is 0. The van der Waals surface area contributed by atoms with Crippen molar-refractivity contribution in [1.29, 1.82) is 0 Å². The van der Waals surface area contributed by atoms with Crippen LogP contribution in [0, 0.1) is 5.41 Å². The Labute approximate surface area is 240 Å². The molecule has 1 aliphatic carbocycles. The number of pyridine rings is 1. The summed E-state index contributed by atoms with van der Waals surface area (Å²) in [6.45, 7) is 13.4. The number of nitrogens with zero attached hydrogens (tertiary/aromatic N) is 4. The fourth-order valence-corrected chi connectivity index (χ4v) is 5.05. The van der Waals surface area contributed by atoms with Gasteiger partial charge in [-0.1, -0.05) is 112 Å². The molecule has 198 valence electrons. The third-order valence-electron chi connectivity index (χ3n) is 7.10. The second-order valence-electron chi connectivity index (χ2n) is 12.2. The fourth-order valence-electron chi connectivity index (χ4n) is 4.65. The monoisotopic (exact) mass is 578 g/mol. The zero-order valence-electron chi connectivity index (χ0n) is 23.5. The van der Waals surface area contributed by atoms with E-state index >= 15 is 0 Å². The third-order valence-corrected chi connectivity index (χ3v) is 7.59. The highest BCUT2D eigenvalue weighted by Gasteiger charge is 2.23. The Morgan fingerprint density at radius 2 is 1.44 bits per heavy atom. The molecule has 1 unspecified atom stereocenters. The standard InChI is InChI=1S/C34H35BrN4/c1-33(2,3)26-15-10-22(11-16-26)30-37-31(23-12-17-27(18-13-23)34(4,5)6)39-32(38-30)25-14-19-29(36-21-25)24-8-7-9-28(35)20-24/h7-12,14-21,23H,13H2,1-6H3. The van der Waals surface area contributed by atoms with Crippen LogP contribution in [-0.4, -0.2) is 19.9 Å². The molecule has 2 heterocycles. The van der Waals surface area contributed by atoms with E-state index in [4.69, 9.17) is 19.9 Å². The summed E-state index contributed by atoms with van der Waals surface area (Å²) >= 11 is 3.55. The van der Waals surface area contributed by atoms with E-state index in [-0.39, 0.29) is 16.7 Å². The van der Waals surface area contributed by atoms with Crippen molar-refractivity contribution >= 4 is 15.9 Å². The van der Waals surface area contributed by atoms with E-state index in [0.29, 0.717) is 11.6 Å². The molecule has 1 atom stereocenters. The highest BCUT2D eigenvalue weighted by Crippen LogP contribution is 2.35. The van der Waals surface area contributed by atoms with Gasteiger partial charge >= 0.3 is 0 Å². The first-order valence-electron chi connectivity index (χ1n) is 13.5. The highest BCUT2D eigenvalue weighted by molar-refractivity contribution is 9.10. The van der Waals surface area contributed by atoms with Crippen LogP contribution in [0.4, 0.5) is 0 Å². The molecule has 4 aromatic rings. The molecule has 0 saturated carbocycles. The lowest BCUT2D eigenvalue weighted by Gasteiger charge is -2.25. The molecule has 1 aliphatic rings. The van der Waals surface area contributed by atoms with E-state index < -0.39 is 0 Å². The van der Waals surface area contributed by atoms with Crippen LogP contribution in [-0.2, 0) is 5.41 Å². The number of halogens is 1. The van der Waals surface area contributed by atoms with Crippen LogP contribution in [0.5, 0.6) is 0 Å². The van der Waals surface area contributed by atoms with Crippen LogP contribution in [0.25, 0.3) is 34.0 Å². The average molecular weight is 580 g/mol. The second kappa shape index (κ2) is 10.6. The van der Waals surface area contributed by atoms with Gasteiger partial charge in [-0.3, -0.25) is 4.98 Å². The quantitative estimate of drug-likeness (QED) is 0.242. The molecule has 0 saturated heterocycles. The predicted octanol–water partition coefficient (Wildman–Crippen LogP) is 9.34. The van der Waals surface area contributed by atoms with Crippen molar-refractivity contribution < 1.29 is 0 Å². The molecule has 4 nitrogen and oxygen atoms in total. The number of rotatable bonds is 4. The highest BCUT2D eigenvalue weighted by atomic mass is 79.9. The molecule has 0 bridgehead atoms. The lowest BCUT2D eigenvalue weighted by molar-refractivity contribution is 0.509. The maximum Gasteiger partial charge on any atom is 0.165 e. The molecule has 5 rings (SSSR count). The zero-order valence-corrected chi connectivity index (χ0v) is 25.1. The van der Waals surface area contributed by atoms with E-state index in [1.165, 1.54) is 11.1 Å². The van der Waals surface area contributed by atoms with E-state index in [1.54, 1.807) is 0 Å². The first-order valence-corrected chi connectivity index (χ1v) is 14.2. The van der Waals surface area contributed by atoms with Gasteiger partial charge in [0.1, 0.15) is 5.82 Å². The Hall–Kier alpha value is -3.44. The lowest BCUT2D eigenvalue weighted by Crippen LogP contribution is -2.13. The Kier molecular flexibility index (Phi) is 7.39. The minimum absolute atomic E-state index is 0.0830. The van der Waals surface area contributed by atoms with Gasteiger partial charge < -0.3 is 0 Å². The first-order chi connectivity index (χ1) is 18.5. The molecule has 0 spiro atoms. The molecule has 0 aliphatic heterocycles. The van der Waals surface area contributed by atoms with Crippen molar-refractivity contribution in [3.63, 3.8) is 0 Å². The molecule has 0 N–H and O–H groups in total. The van der Waals surface area contributed by atoms with Crippen LogP contribution >= 0.6 is 15.9 Å². The summed E-state index contributed by atoms with van der Waals surface area (Å²) in [5.74, 6) is 2.21. The molecular formula is C34H35BrN4. The maximum absolute atomic E-state index is 4.98. The van der Waals surface area contributed by atoms with Crippen molar-refractivity contribution in [3.05, 3.63) is 107 Å². The van der Waals surface area contributed by atoms with Gasteiger partial charge in [0.05, 0.1) is 5.69 Å². The van der Waals surface area contributed by atoms with E-state index in [0.717, 1.165) is 39.1 Å². The van der Waals surface area contributed by atoms with Crippen LogP contribution in [0.1, 0.15) is 65.3 Å². The summed E-state index contributed by atoms with van der Waals surface area (Å²) in [5.41, 5.74) is 6.64. The molecule has 0 fully saturated rings. The average Bonchev–Trinajstić information content (AvgIpc) is 2.92. The van der Waals surface area contributed by atoms with E-state index in [2.05, 4.69) is 112 Å². The van der Waals surface area contributed by atoms with Crippen molar-refractivity contribution in [2.45, 2.75) is 59.3 Å². The van der Waals surface area contributed by atoms with Crippen molar-refractivity contribution in [1.82, 2.24) is 19.9 Å². The van der Waals surface area contributed by atoms with E-state index in [1.807, 2.05) is 30.5 Å².